The smallest absolute Gasteiger partial charge is 0.230 e. The van der Waals surface area contributed by atoms with Gasteiger partial charge in [-0.3, -0.25) is 4.79 Å². The lowest BCUT2D eigenvalue weighted by Gasteiger charge is -2.09. The monoisotopic (exact) mass is 358 g/mol. The topological polar surface area (TPSA) is 59.8 Å². The number of aryl methyl sites for hydroxylation is 3. The molecule has 0 atom stereocenters. The summed E-state index contributed by atoms with van der Waals surface area (Å²) in [5.74, 6) is 2.62. The largest absolute Gasteiger partial charge is 0.355 e. The van der Waals surface area contributed by atoms with Crippen LogP contribution in [0.25, 0.3) is 0 Å². The molecule has 0 aliphatic carbocycles. The van der Waals surface area contributed by atoms with E-state index < -0.39 is 0 Å². The van der Waals surface area contributed by atoms with Crippen LogP contribution in [0, 0.1) is 13.8 Å². The Hall–Kier alpha value is -1.82. The van der Waals surface area contributed by atoms with Crippen LogP contribution >= 0.6 is 11.8 Å². The SMILES string of the molecule is Cc1ccc(C)c(SCC(=O)NCCc2nnc3n2CCCCC3)c1. The van der Waals surface area contributed by atoms with E-state index in [0.29, 0.717) is 12.3 Å². The fourth-order valence-electron chi connectivity index (χ4n) is 3.10. The number of thioether (sulfide) groups is 1. The molecule has 5 nitrogen and oxygen atoms in total. The summed E-state index contributed by atoms with van der Waals surface area (Å²) in [6, 6.07) is 6.34. The third kappa shape index (κ3) is 4.84. The molecule has 0 unspecified atom stereocenters. The number of amides is 1. The summed E-state index contributed by atoms with van der Waals surface area (Å²) in [7, 11) is 0. The quantitative estimate of drug-likeness (QED) is 0.806. The first-order chi connectivity index (χ1) is 12.1. The highest BCUT2D eigenvalue weighted by molar-refractivity contribution is 8.00. The molecule has 6 heteroatoms. The second-order valence-corrected chi connectivity index (χ2v) is 7.67. The molecule has 134 valence electrons. The molecular weight excluding hydrogens is 332 g/mol. The molecule has 0 spiro atoms. The van der Waals surface area contributed by atoms with E-state index in [-0.39, 0.29) is 5.91 Å². The van der Waals surface area contributed by atoms with Gasteiger partial charge in [0.15, 0.2) is 0 Å². The third-order valence-corrected chi connectivity index (χ3v) is 5.72. The van der Waals surface area contributed by atoms with Gasteiger partial charge >= 0.3 is 0 Å². The van der Waals surface area contributed by atoms with Crippen LogP contribution in [0.15, 0.2) is 23.1 Å². The molecule has 0 bridgehead atoms. The van der Waals surface area contributed by atoms with Gasteiger partial charge < -0.3 is 9.88 Å². The van der Waals surface area contributed by atoms with Crippen molar-refractivity contribution in [3.05, 3.63) is 41.0 Å². The Bertz CT molecular complexity index is 741. The van der Waals surface area contributed by atoms with Crippen molar-refractivity contribution in [1.29, 1.82) is 0 Å². The summed E-state index contributed by atoms with van der Waals surface area (Å²) in [5.41, 5.74) is 2.44. The van der Waals surface area contributed by atoms with Gasteiger partial charge in [0.1, 0.15) is 11.6 Å². The van der Waals surface area contributed by atoms with E-state index in [1.807, 2.05) is 0 Å². The van der Waals surface area contributed by atoms with Gasteiger partial charge in [0, 0.05) is 30.8 Å². The normalized spacial score (nSPS) is 14.0. The van der Waals surface area contributed by atoms with Crippen molar-refractivity contribution in [2.24, 2.45) is 0 Å². The molecular formula is C19H26N4OS. The Balaban J connectivity index is 1.45. The van der Waals surface area contributed by atoms with Crippen molar-refractivity contribution in [2.75, 3.05) is 12.3 Å². The number of carbonyl (C=O) groups is 1. The first-order valence-corrected chi connectivity index (χ1v) is 10.00. The minimum absolute atomic E-state index is 0.0708. The van der Waals surface area contributed by atoms with E-state index >= 15 is 0 Å². The highest BCUT2D eigenvalue weighted by Gasteiger charge is 2.14. The van der Waals surface area contributed by atoms with E-state index in [4.69, 9.17) is 0 Å². The third-order valence-electron chi connectivity index (χ3n) is 4.56. The van der Waals surface area contributed by atoms with E-state index in [9.17, 15) is 4.79 Å². The molecule has 1 aliphatic rings. The average molecular weight is 359 g/mol. The number of nitrogens with zero attached hydrogens (tertiary/aromatic N) is 3. The van der Waals surface area contributed by atoms with Crippen LogP contribution in [-0.4, -0.2) is 33.0 Å². The molecule has 25 heavy (non-hydrogen) atoms. The molecule has 0 radical (unpaired) electrons. The Labute approximate surface area is 153 Å². The average Bonchev–Trinajstić information content (AvgIpc) is 2.83. The van der Waals surface area contributed by atoms with Gasteiger partial charge in [0.25, 0.3) is 0 Å². The zero-order valence-corrected chi connectivity index (χ0v) is 15.9. The number of nitrogens with one attached hydrogen (secondary N) is 1. The molecule has 1 aromatic carbocycles. The first kappa shape index (κ1) is 18.0. The number of aromatic nitrogens is 3. The maximum Gasteiger partial charge on any atom is 0.230 e. The predicted octanol–water partition coefficient (Wildman–Crippen LogP) is 3.07. The summed E-state index contributed by atoms with van der Waals surface area (Å²) < 4.78 is 2.24. The van der Waals surface area contributed by atoms with Crippen LogP contribution in [0.5, 0.6) is 0 Å². The molecule has 2 heterocycles. The summed E-state index contributed by atoms with van der Waals surface area (Å²) in [4.78, 5) is 13.3. The van der Waals surface area contributed by atoms with E-state index in [1.165, 1.54) is 35.3 Å². The first-order valence-electron chi connectivity index (χ1n) is 9.01. The van der Waals surface area contributed by atoms with Crippen LogP contribution < -0.4 is 5.32 Å². The molecule has 2 aromatic rings. The minimum atomic E-state index is 0.0708. The van der Waals surface area contributed by atoms with Gasteiger partial charge in [-0.1, -0.05) is 24.1 Å². The summed E-state index contributed by atoms with van der Waals surface area (Å²) >= 11 is 1.60. The number of benzene rings is 1. The van der Waals surface area contributed by atoms with Crippen LogP contribution in [-0.2, 0) is 24.2 Å². The molecule has 1 amide bonds. The van der Waals surface area contributed by atoms with Gasteiger partial charge in [0.2, 0.25) is 5.91 Å². The van der Waals surface area contributed by atoms with Crippen LogP contribution in [0.4, 0.5) is 0 Å². The maximum absolute atomic E-state index is 12.1. The lowest BCUT2D eigenvalue weighted by molar-refractivity contribution is -0.118. The van der Waals surface area contributed by atoms with Crippen LogP contribution in [0.3, 0.4) is 0 Å². The number of rotatable bonds is 6. The molecule has 0 saturated heterocycles. The number of carbonyl (C=O) groups excluding carboxylic acids is 1. The van der Waals surface area contributed by atoms with Crippen LogP contribution in [0.1, 0.15) is 42.0 Å². The number of fused-ring (bicyclic) bond motifs is 1. The molecule has 3 rings (SSSR count). The second kappa shape index (κ2) is 8.52. The van der Waals surface area contributed by atoms with Gasteiger partial charge in [-0.05, 0) is 38.3 Å². The number of hydrogen-bond acceptors (Lipinski definition) is 4. The predicted molar refractivity (Wildman–Crippen MR) is 101 cm³/mol. The Morgan fingerprint density at radius 1 is 1.24 bits per heavy atom. The maximum atomic E-state index is 12.1. The van der Waals surface area contributed by atoms with Crippen molar-refractivity contribution in [3.63, 3.8) is 0 Å². The standard InChI is InChI=1S/C19H26N4OS/c1-14-7-8-15(2)16(12-14)25-13-19(24)20-10-9-18-22-21-17-6-4-3-5-11-23(17)18/h7-8,12H,3-6,9-11,13H2,1-2H3,(H,20,24). The summed E-state index contributed by atoms with van der Waals surface area (Å²) in [6.45, 7) is 5.78. The van der Waals surface area contributed by atoms with Crippen molar-refractivity contribution in [3.8, 4) is 0 Å². The van der Waals surface area contributed by atoms with Crippen LogP contribution in [0.2, 0.25) is 0 Å². The Kier molecular flexibility index (Phi) is 6.13. The summed E-state index contributed by atoms with van der Waals surface area (Å²) in [6.07, 6.45) is 5.41. The zero-order valence-electron chi connectivity index (χ0n) is 15.0. The van der Waals surface area contributed by atoms with Crippen molar-refractivity contribution < 1.29 is 4.79 Å². The highest BCUT2D eigenvalue weighted by Crippen LogP contribution is 2.23. The minimum Gasteiger partial charge on any atom is -0.355 e. The number of hydrogen-bond donors (Lipinski definition) is 1. The highest BCUT2D eigenvalue weighted by atomic mass is 32.2. The molecule has 1 aliphatic heterocycles. The van der Waals surface area contributed by atoms with Crippen molar-refractivity contribution in [1.82, 2.24) is 20.1 Å². The van der Waals surface area contributed by atoms with Gasteiger partial charge in [0.05, 0.1) is 5.75 Å². The Morgan fingerprint density at radius 3 is 3.00 bits per heavy atom. The van der Waals surface area contributed by atoms with Crippen molar-refractivity contribution in [2.45, 2.75) is 57.4 Å². The van der Waals surface area contributed by atoms with E-state index in [1.54, 1.807) is 11.8 Å². The molecule has 1 N–H and O–H groups in total. The van der Waals surface area contributed by atoms with Gasteiger partial charge in [-0.25, -0.2) is 0 Å². The molecule has 0 saturated carbocycles. The fourth-order valence-corrected chi connectivity index (χ4v) is 4.05. The van der Waals surface area contributed by atoms with Gasteiger partial charge in [-0.15, -0.1) is 22.0 Å². The summed E-state index contributed by atoms with van der Waals surface area (Å²) in [5, 5.41) is 11.6. The van der Waals surface area contributed by atoms with Crippen molar-refractivity contribution >= 4 is 17.7 Å². The molecule has 0 fully saturated rings. The lowest BCUT2D eigenvalue weighted by atomic mass is 10.2. The molecule has 1 aromatic heterocycles. The second-order valence-electron chi connectivity index (χ2n) is 6.65. The zero-order chi connectivity index (χ0) is 17.6. The lowest BCUT2D eigenvalue weighted by Crippen LogP contribution is -2.28. The van der Waals surface area contributed by atoms with E-state index in [0.717, 1.165) is 31.0 Å². The Morgan fingerprint density at radius 2 is 2.12 bits per heavy atom. The van der Waals surface area contributed by atoms with E-state index in [2.05, 4.69) is 52.1 Å². The van der Waals surface area contributed by atoms with Gasteiger partial charge in [-0.2, -0.15) is 0 Å². The fraction of sp³-hybridized carbons (Fsp3) is 0.526.